The Kier molecular flexibility index (Phi) is 4.60. The van der Waals surface area contributed by atoms with Gasteiger partial charge in [0.15, 0.2) is 11.6 Å². The fraction of sp³-hybridized carbons (Fsp3) is 0.438. The van der Waals surface area contributed by atoms with Crippen molar-refractivity contribution in [3.63, 3.8) is 0 Å². The highest BCUT2D eigenvalue weighted by Crippen LogP contribution is 2.30. The van der Waals surface area contributed by atoms with Gasteiger partial charge in [-0.25, -0.2) is 13.8 Å². The number of aryl methyl sites for hydroxylation is 1. The van der Waals surface area contributed by atoms with Gasteiger partial charge >= 0.3 is 0 Å². The van der Waals surface area contributed by atoms with Crippen molar-refractivity contribution in [3.8, 4) is 11.3 Å². The van der Waals surface area contributed by atoms with Gasteiger partial charge in [0.1, 0.15) is 17.3 Å². The fourth-order valence-corrected chi connectivity index (χ4v) is 2.38. The van der Waals surface area contributed by atoms with Crippen LogP contribution in [0.1, 0.15) is 33.0 Å². The third kappa shape index (κ3) is 3.06. The van der Waals surface area contributed by atoms with Crippen molar-refractivity contribution in [2.24, 2.45) is 5.92 Å². The first kappa shape index (κ1) is 15.5. The van der Waals surface area contributed by atoms with Crippen LogP contribution in [0.5, 0.6) is 0 Å². The van der Waals surface area contributed by atoms with E-state index in [1.807, 2.05) is 11.5 Å². The van der Waals surface area contributed by atoms with Crippen molar-refractivity contribution in [3.05, 3.63) is 35.7 Å². The smallest absolute Gasteiger partial charge is 0.168 e. The molecule has 1 aromatic carbocycles. The van der Waals surface area contributed by atoms with Crippen LogP contribution in [0.25, 0.3) is 11.3 Å². The Hall–Kier alpha value is -1.91. The molecule has 0 amide bonds. The highest BCUT2D eigenvalue weighted by Gasteiger charge is 2.20. The molecule has 1 aromatic heterocycles. The average Bonchev–Trinajstić information content (AvgIpc) is 2.71. The maximum atomic E-state index is 14.0. The van der Waals surface area contributed by atoms with Gasteiger partial charge in [-0.1, -0.05) is 26.8 Å². The third-order valence-corrected chi connectivity index (χ3v) is 3.31. The fourth-order valence-electron chi connectivity index (χ4n) is 2.38. The second-order valence-electron chi connectivity index (χ2n) is 5.62. The number of halogens is 2. The molecule has 0 unspecified atom stereocenters. The Morgan fingerprint density at radius 1 is 1.29 bits per heavy atom. The minimum absolute atomic E-state index is 0.118. The molecular formula is C16H21F2N3. The Balaban J connectivity index is 2.56. The molecule has 0 saturated heterocycles. The minimum Gasteiger partial charge on any atom is -0.383 e. The van der Waals surface area contributed by atoms with Crippen LogP contribution in [-0.2, 0) is 13.0 Å². The molecule has 5 heteroatoms. The van der Waals surface area contributed by atoms with Crippen molar-refractivity contribution in [2.75, 3.05) is 5.73 Å². The Bertz CT molecular complexity index is 633. The summed E-state index contributed by atoms with van der Waals surface area (Å²) in [5.74, 6) is -0.176. The maximum Gasteiger partial charge on any atom is 0.168 e. The average molecular weight is 293 g/mol. The van der Waals surface area contributed by atoms with Crippen LogP contribution in [0.3, 0.4) is 0 Å². The Labute approximate surface area is 123 Å². The molecule has 2 N–H and O–H groups in total. The lowest BCUT2D eigenvalue weighted by atomic mass is 10.1. The first-order chi connectivity index (χ1) is 9.95. The lowest BCUT2D eigenvalue weighted by Crippen LogP contribution is -2.11. The summed E-state index contributed by atoms with van der Waals surface area (Å²) in [5, 5.41) is 0. The van der Waals surface area contributed by atoms with Gasteiger partial charge in [0, 0.05) is 18.5 Å². The van der Waals surface area contributed by atoms with Crippen molar-refractivity contribution in [1.82, 2.24) is 9.55 Å². The molecule has 21 heavy (non-hydrogen) atoms. The number of hydrogen-bond donors (Lipinski definition) is 1. The van der Waals surface area contributed by atoms with Crippen LogP contribution in [0.15, 0.2) is 18.2 Å². The molecule has 0 radical (unpaired) electrons. The molecule has 0 aliphatic rings. The zero-order chi connectivity index (χ0) is 15.6. The van der Waals surface area contributed by atoms with Crippen LogP contribution >= 0.6 is 0 Å². The molecule has 0 fully saturated rings. The summed E-state index contributed by atoms with van der Waals surface area (Å²) in [6, 6.07) is 4.06. The summed E-state index contributed by atoms with van der Waals surface area (Å²) in [6.07, 6.45) is 1.67. The molecular weight excluding hydrogens is 272 g/mol. The van der Waals surface area contributed by atoms with Crippen LogP contribution in [-0.4, -0.2) is 9.55 Å². The van der Waals surface area contributed by atoms with Crippen molar-refractivity contribution < 1.29 is 8.78 Å². The van der Waals surface area contributed by atoms with Crippen LogP contribution < -0.4 is 5.73 Å². The van der Waals surface area contributed by atoms with Crippen LogP contribution in [0, 0.1) is 17.6 Å². The van der Waals surface area contributed by atoms with Crippen molar-refractivity contribution >= 4 is 5.82 Å². The van der Waals surface area contributed by atoms with Gasteiger partial charge in [-0.2, -0.15) is 0 Å². The third-order valence-electron chi connectivity index (χ3n) is 3.31. The summed E-state index contributed by atoms with van der Waals surface area (Å²) in [6.45, 7) is 6.92. The number of aromatic nitrogens is 2. The van der Waals surface area contributed by atoms with E-state index in [0.717, 1.165) is 24.7 Å². The minimum atomic E-state index is -0.901. The van der Waals surface area contributed by atoms with Gasteiger partial charge in [-0.3, -0.25) is 0 Å². The van der Waals surface area contributed by atoms with Gasteiger partial charge in [-0.15, -0.1) is 0 Å². The number of benzene rings is 1. The van der Waals surface area contributed by atoms with E-state index < -0.39 is 11.6 Å². The SMILES string of the molecule is CCCc1nc(-c2cccc(F)c2F)c(N)n1CC(C)C. The monoisotopic (exact) mass is 293 g/mol. The maximum absolute atomic E-state index is 14.0. The lowest BCUT2D eigenvalue weighted by molar-refractivity contribution is 0.509. The van der Waals surface area contributed by atoms with E-state index in [2.05, 4.69) is 18.8 Å². The summed E-state index contributed by atoms with van der Waals surface area (Å²) >= 11 is 0. The molecule has 0 saturated carbocycles. The lowest BCUT2D eigenvalue weighted by Gasteiger charge is -2.12. The van der Waals surface area contributed by atoms with Crippen molar-refractivity contribution in [2.45, 2.75) is 40.2 Å². The second-order valence-corrected chi connectivity index (χ2v) is 5.62. The van der Waals surface area contributed by atoms with Gasteiger partial charge in [-0.05, 0) is 24.5 Å². The number of anilines is 1. The predicted molar refractivity (Wildman–Crippen MR) is 80.8 cm³/mol. The number of nitrogens with zero attached hydrogens (tertiary/aromatic N) is 2. The first-order valence-corrected chi connectivity index (χ1v) is 7.24. The molecule has 0 aliphatic heterocycles. The van der Waals surface area contributed by atoms with Gasteiger partial charge in [0.2, 0.25) is 0 Å². The molecule has 2 rings (SSSR count). The van der Waals surface area contributed by atoms with Crippen LogP contribution in [0.2, 0.25) is 0 Å². The molecule has 0 aliphatic carbocycles. The molecule has 0 bridgehead atoms. The zero-order valence-corrected chi connectivity index (χ0v) is 12.7. The van der Waals surface area contributed by atoms with Gasteiger partial charge in [0.25, 0.3) is 0 Å². The normalized spacial score (nSPS) is 11.3. The van der Waals surface area contributed by atoms with Crippen LogP contribution in [0.4, 0.5) is 14.6 Å². The topological polar surface area (TPSA) is 43.8 Å². The molecule has 1 heterocycles. The highest BCUT2D eigenvalue weighted by molar-refractivity contribution is 5.71. The first-order valence-electron chi connectivity index (χ1n) is 7.24. The van der Waals surface area contributed by atoms with E-state index in [4.69, 9.17) is 5.73 Å². The standard InChI is InChI=1S/C16H21F2N3/c1-4-6-13-20-15(16(19)21(13)9-10(2)3)11-7-5-8-12(17)14(11)18/h5,7-8,10H,4,6,9,19H2,1-3H3. The zero-order valence-electron chi connectivity index (χ0n) is 12.7. The van der Waals surface area contributed by atoms with E-state index >= 15 is 0 Å². The quantitative estimate of drug-likeness (QED) is 0.905. The number of hydrogen-bond acceptors (Lipinski definition) is 2. The molecule has 0 spiro atoms. The van der Waals surface area contributed by atoms with Gasteiger partial charge < -0.3 is 10.3 Å². The number of nitrogens with two attached hydrogens (primary N) is 1. The number of nitrogen functional groups attached to an aromatic ring is 1. The molecule has 2 aromatic rings. The summed E-state index contributed by atoms with van der Waals surface area (Å²) < 4.78 is 29.3. The Morgan fingerprint density at radius 2 is 2.00 bits per heavy atom. The highest BCUT2D eigenvalue weighted by atomic mass is 19.2. The molecule has 0 atom stereocenters. The van der Waals surface area contributed by atoms with E-state index in [1.165, 1.54) is 12.1 Å². The summed E-state index contributed by atoms with van der Waals surface area (Å²) in [4.78, 5) is 4.46. The van der Waals surface area contributed by atoms with E-state index in [0.29, 0.717) is 24.0 Å². The summed E-state index contributed by atoms with van der Waals surface area (Å²) in [7, 11) is 0. The van der Waals surface area contributed by atoms with E-state index in [1.54, 1.807) is 0 Å². The summed E-state index contributed by atoms with van der Waals surface area (Å²) in [5.41, 5.74) is 6.59. The van der Waals surface area contributed by atoms with Gasteiger partial charge in [0.05, 0.1) is 0 Å². The number of rotatable bonds is 5. The predicted octanol–water partition coefficient (Wildman–Crippen LogP) is 4.02. The van der Waals surface area contributed by atoms with Crippen molar-refractivity contribution in [1.29, 1.82) is 0 Å². The Morgan fingerprint density at radius 3 is 2.62 bits per heavy atom. The second kappa shape index (κ2) is 6.24. The largest absolute Gasteiger partial charge is 0.383 e. The number of imidazole rings is 1. The van der Waals surface area contributed by atoms with E-state index in [9.17, 15) is 8.78 Å². The molecule has 3 nitrogen and oxygen atoms in total. The van der Waals surface area contributed by atoms with E-state index in [-0.39, 0.29) is 5.56 Å². The molecule has 114 valence electrons.